The van der Waals surface area contributed by atoms with Crippen LogP contribution in [-0.4, -0.2) is 110 Å². The van der Waals surface area contributed by atoms with Gasteiger partial charge >= 0.3 is 29.6 Å². The summed E-state index contributed by atoms with van der Waals surface area (Å²) in [5.74, 6) is -7.21. The van der Waals surface area contributed by atoms with E-state index in [2.05, 4.69) is 0 Å². The molecular weight excluding hydrogens is 517 g/mol. The van der Waals surface area contributed by atoms with Crippen LogP contribution in [0.1, 0.15) is 12.5 Å². The smallest absolute Gasteiger partial charge is 0.549 e. The van der Waals surface area contributed by atoms with E-state index < -0.39 is 68.6 Å². The van der Waals surface area contributed by atoms with Gasteiger partial charge < -0.3 is 54.2 Å². The molecule has 0 fully saturated rings. The minimum atomic E-state index is -1.57. The first-order chi connectivity index (χ1) is 17.4. The molecule has 0 bridgehead atoms. The Morgan fingerprint density at radius 3 is 1.55 bits per heavy atom. The molecule has 1 atom stereocenters. The molecule has 1 aromatic carbocycles. The number of rotatable bonds is 20. The summed E-state index contributed by atoms with van der Waals surface area (Å²) in [4.78, 5) is 59.1. The van der Waals surface area contributed by atoms with Gasteiger partial charge in [-0.05, 0) is 31.0 Å². The number of aliphatic carboxylic acids is 5. The second-order valence-electron chi connectivity index (χ2n) is 8.15. The van der Waals surface area contributed by atoms with Gasteiger partial charge in [0.2, 0.25) is 0 Å². The first-order valence-corrected chi connectivity index (χ1v) is 11.3. The molecule has 38 heavy (non-hydrogen) atoms. The van der Waals surface area contributed by atoms with Crippen molar-refractivity contribution in [3.8, 4) is 5.75 Å². The van der Waals surface area contributed by atoms with E-state index in [0.29, 0.717) is 17.9 Å². The van der Waals surface area contributed by atoms with Gasteiger partial charge in [-0.3, -0.25) is 14.7 Å². The number of carbonyl (C=O) groups excluding carboxylic acids is 5. The summed E-state index contributed by atoms with van der Waals surface area (Å²) in [6, 6.07) is 5.80. The molecule has 206 valence electrons. The van der Waals surface area contributed by atoms with Crippen molar-refractivity contribution in [1.29, 1.82) is 0 Å². The number of hydrogen-bond acceptors (Lipinski definition) is 14. The molecule has 0 aliphatic carbocycles. The zero-order valence-electron chi connectivity index (χ0n) is 21.3. The standard InChI is InChI=1S/C23H33N3O11.Na/c1-2-37-18-5-3-16(4-6-18)9-17(26(14-22(33)34)15-23(35)36)10-24(11-19(27)28)7-8-25(12-20(29)30)13-21(31)32;/h3-6,17H,2,7-15H2,1H3,(H,27,28)(H,29,30)(H,31,32)(H,33,34)(H,35,36);/q;+1/p-5/t17-;/m0./s1. The van der Waals surface area contributed by atoms with E-state index in [9.17, 15) is 49.5 Å². The van der Waals surface area contributed by atoms with E-state index in [0.717, 1.165) is 9.80 Å². The zero-order chi connectivity index (χ0) is 28.0. The fourth-order valence-electron chi connectivity index (χ4n) is 3.69. The number of carboxylic acids is 5. The van der Waals surface area contributed by atoms with Crippen molar-refractivity contribution >= 4 is 29.8 Å². The summed E-state index contributed by atoms with van der Waals surface area (Å²) in [5.41, 5.74) is 0.652. The molecule has 0 saturated heterocycles. The van der Waals surface area contributed by atoms with Gasteiger partial charge in [-0.15, -0.1) is 0 Å². The quantitative estimate of drug-likeness (QED) is 0.139. The molecule has 0 aliphatic heterocycles. The Morgan fingerprint density at radius 1 is 0.711 bits per heavy atom. The molecule has 0 saturated carbocycles. The molecular formula is C23H28N3NaO11-4. The van der Waals surface area contributed by atoms with Gasteiger partial charge in [-0.25, -0.2) is 0 Å². The SMILES string of the molecule is CCOc1ccc(C[C@@H](CN(CCN(CC(=O)[O-])CC(=O)[O-])CC(=O)[O-])N(CC(=O)[O-])CC(=O)[O-])cc1.[Na+]. The topological polar surface area (TPSA) is 220 Å². The summed E-state index contributed by atoms with van der Waals surface area (Å²) >= 11 is 0. The third-order valence-corrected chi connectivity index (χ3v) is 5.15. The number of ether oxygens (including phenoxy) is 1. The summed E-state index contributed by atoms with van der Waals surface area (Å²) in [5, 5.41) is 55.9. The Kier molecular flexibility index (Phi) is 17.2. The number of benzene rings is 1. The van der Waals surface area contributed by atoms with Crippen LogP contribution in [0.2, 0.25) is 0 Å². The predicted molar refractivity (Wildman–Crippen MR) is 115 cm³/mol. The Bertz CT molecular complexity index is 898. The normalized spacial score (nSPS) is 11.7. The minimum Gasteiger partial charge on any atom is -0.549 e. The fraction of sp³-hybridized carbons (Fsp3) is 0.522. The molecule has 0 spiro atoms. The number of carboxylic acid groups (broad SMARTS) is 5. The van der Waals surface area contributed by atoms with E-state index in [-0.39, 0.29) is 55.6 Å². The molecule has 15 heteroatoms. The maximum Gasteiger partial charge on any atom is 1.00 e. The Labute approximate surface area is 241 Å². The van der Waals surface area contributed by atoms with Crippen LogP contribution in [0.15, 0.2) is 24.3 Å². The van der Waals surface area contributed by atoms with Gasteiger partial charge in [-0.2, -0.15) is 0 Å². The third kappa shape index (κ3) is 15.5. The molecule has 0 N–H and O–H groups in total. The van der Waals surface area contributed by atoms with Crippen molar-refractivity contribution in [2.45, 2.75) is 19.4 Å². The monoisotopic (exact) mass is 545 g/mol. The molecule has 0 radical (unpaired) electrons. The maximum absolute atomic E-state index is 11.4. The van der Waals surface area contributed by atoms with Crippen LogP contribution in [0.3, 0.4) is 0 Å². The Balaban J connectivity index is 0.0000137. The van der Waals surface area contributed by atoms with E-state index in [1.807, 2.05) is 0 Å². The number of carbonyl (C=O) groups is 5. The Morgan fingerprint density at radius 2 is 1.13 bits per heavy atom. The van der Waals surface area contributed by atoms with E-state index in [4.69, 9.17) is 4.74 Å². The number of nitrogens with zero attached hydrogens (tertiary/aromatic N) is 3. The molecule has 0 aliphatic rings. The molecule has 0 heterocycles. The van der Waals surface area contributed by atoms with Crippen molar-refractivity contribution in [3.05, 3.63) is 29.8 Å². The molecule has 1 rings (SSSR count). The first kappa shape index (κ1) is 35.2. The van der Waals surface area contributed by atoms with Crippen molar-refractivity contribution in [2.75, 3.05) is 59.0 Å². The van der Waals surface area contributed by atoms with Gasteiger partial charge in [0, 0.05) is 58.4 Å². The van der Waals surface area contributed by atoms with Crippen molar-refractivity contribution < 1.29 is 83.8 Å². The van der Waals surface area contributed by atoms with Crippen LogP contribution >= 0.6 is 0 Å². The van der Waals surface area contributed by atoms with Crippen LogP contribution in [0, 0.1) is 0 Å². The van der Waals surface area contributed by atoms with Gasteiger partial charge in [0.05, 0.1) is 36.5 Å². The van der Waals surface area contributed by atoms with Crippen LogP contribution in [0.4, 0.5) is 0 Å². The maximum atomic E-state index is 11.4. The second-order valence-corrected chi connectivity index (χ2v) is 8.15. The largest absolute Gasteiger partial charge is 1.00 e. The minimum absolute atomic E-state index is 0. The van der Waals surface area contributed by atoms with Crippen molar-refractivity contribution in [1.82, 2.24) is 14.7 Å². The summed E-state index contributed by atoms with van der Waals surface area (Å²) in [6.07, 6.45) is 0.0817. The predicted octanol–water partition coefficient (Wildman–Crippen LogP) is -10.3. The zero-order valence-corrected chi connectivity index (χ0v) is 23.3. The average molecular weight is 545 g/mol. The van der Waals surface area contributed by atoms with Gasteiger partial charge in [0.15, 0.2) is 0 Å². The van der Waals surface area contributed by atoms with Crippen LogP contribution in [-0.2, 0) is 30.4 Å². The van der Waals surface area contributed by atoms with Crippen molar-refractivity contribution in [2.24, 2.45) is 0 Å². The first-order valence-electron chi connectivity index (χ1n) is 11.3. The molecule has 1 aromatic rings. The molecule has 0 amide bonds. The average Bonchev–Trinajstić information content (AvgIpc) is 2.76. The van der Waals surface area contributed by atoms with Crippen LogP contribution < -0.4 is 59.8 Å². The molecule has 0 aromatic heterocycles. The second kappa shape index (κ2) is 18.5. The third-order valence-electron chi connectivity index (χ3n) is 5.15. The summed E-state index contributed by atoms with van der Waals surface area (Å²) in [6.45, 7) is -2.18. The molecule has 14 nitrogen and oxygen atoms in total. The Hall–Kier alpha value is -2.75. The fourth-order valence-corrected chi connectivity index (χ4v) is 3.69. The van der Waals surface area contributed by atoms with E-state index in [1.54, 1.807) is 31.2 Å². The van der Waals surface area contributed by atoms with Gasteiger partial charge in [-0.1, -0.05) is 12.1 Å². The van der Waals surface area contributed by atoms with Crippen molar-refractivity contribution in [3.63, 3.8) is 0 Å². The van der Waals surface area contributed by atoms with Crippen LogP contribution in [0.5, 0.6) is 5.75 Å². The summed E-state index contributed by atoms with van der Waals surface area (Å²) < 4.78 is 5.38. The van der Waals surface area contributed by atoms with Crippen LogP contribution in [0.25, 0.3) is 0 Å². The van der Waals surface area contributed by atoms with Gasteiger partial charge in [0.1, 0.15) is 5.75 Å². The molecule has 0 unspecified atom stereocenters. The van der Waals surface area contributed by atoms with E-state index >= 15 is 0 Å². The van der Waals surface area contributed by atoms with Gasteiger partial charge in [0.25, 0.3) is 0 Å². The number of hydrogen-bond donors (Lipinski definition) is 0. The summed E-state index contributed by atoms with van der Waals surface area (Å²) in [7, 11) is 0. The van der Waals surface area contributed by atoms with E-state index in [1.165, 1.54) is 4.90 Å².